The average molecular weight is 1480 g/mol. The monoisotopic (exact) mass is 1480 g/mol. The minimum atomic E-state index is -4.51. The number of hydrogen-bond donors (Lipinski definition) is 3. The zero-order valence-electron chi connectivity index (χ0n) is 65.4. The van der Waals surface area contributed by atoms with Crippen molar-refractivity contribution < 1.29 is 75.4 Å². The van der Waals surface area contributed by atoms with Crippen molar-refractivity contribution in [3.8, 4) is 0 Å². The predicted octanol–water partition coefficient (Wildman–Crippen LogP) is 6.55. The van der Waals surface area contributed by atoms with E-state index in [-0.39, 0.29) is 120 Å². The first-order valence-corrected chi connectivity index (χ1v) is 39.1. The van der Waals surface area contributed by atoms with Crippen molar-refractivity contribution in [3.63, 3.8) is 0 Å². The van der Waals surface area contributed by atoms with Crippen molar-refractivity contribution in [1.29, 1.82) is 0 Å². The molecule has 0 aromatic heterocycles. The highest BCUT2D eigenvalue weighted by atomic mass is 19.4. The minimum Gasteiger partial charge on any atom is -0.381 e. The van der Waals surface area contributed by atoms with E-state index in [9.17, 15) is 37.1 Å². The number of nitrogens with zero attached hydrogens (tertiary/aromatic N) is 9. The second-order valence-electron chi connectivity index (χ2n) is 32.5. The van der Waals surface area contributed by atoms with Gasteiger partial charge in [0.15, 0.2) is 0 Å². The fourth-order valence-electron chi connectivity index (χ4n) is 17.4. The number of carbonyl (C=O) groups excluding carboxylic acids is 12. The summed E-state index contributed by atoms with van der Waals surface area (Å²) in [5.74, 6) is -10.4. The lowest BCUT2D eigenvalue weighted by Crippen LogP contribution is -2.68. The number of halogens is 3. The molecule has 2 bridgehead atoms. The summed E-state index contributed by atoms with van der Waals surface area (Å²) in [6, 6.07) is -9.81. The Kier molecular flexibility index (Phi) is 30.7. The molecule has 0 aromatic rings. The minimum absolute atomic E-state index is 0.00717. The van der Waals surface area contributed by atoms with Gasteiger partial charge in [0.1, 0.15) is 53.9 Å². The molecule has 3 heterocycles. The highest BCUT2D eigenvalue weighted by Gasteiger charge is 2.54. The number of rotatable bonds is 14. The van der Waals surface area contributed by atoms with Gasteiger partial charge in [0.2, 0.25) is 70.9 Å². The second-order valence-corrected chi connectivity index (χ2v) is 32.5. The van der Waals surface area contributed by atoms with Gasteiger partial charge in [0.05, 0.1) is 31.5 Å². The Morgan fingerprint density at radius 1 is 0.648 bits per heavy atom. The number of amides is 12. The number of ether oxygens (including phenoxy) is 1. The number of methoxy groups -OCH3 is 1. The van der Waals surface area contributed by atoms with Crippen LogP contribution >= 0.6 is 0 Å². The van der Waals surface area contributed by atoms with Crippen LogP contribution in [0.3, 0.4) is 0 Å². The maximum atomic E-state index is 15.7. The van der Waals surface area contributed by atoms with Crippen LogP contribution in [-0.2, 0) is 62.3 Å². The second kappa shape index (κ2) is 37.8. The fraction of sp³-hybridized carbons (Fsp3) is 0.818. The van der Waals surface area contributed by atoms with E-state index < -0.39 is 174 Å². The Labute approximate surface area is 621 Å². The molecule has 3 unspecified atom stereocenters. The lowest BCUT2D eigenvalue weighted by atomic mass is 9.74. The molecule has 105 heavy (non-hydrogen) atoms. The first kappa shape index (κ1) is 85.4. The molecule has 25 nitrogen and oxygen atoms in total. The molecule has 3 aliphatic heterocycles. The molecule has 12 amide bonds. The van der Waals surface area contributed by atoms with Crippen LogP contribution < -0.4 is 16.0 Å². The lowest BCUT2D eigenvalue weighted by Gasteiger charge is -2.47. The molecule has 592 valence electrons. The topological polar surface area (TPSA) is 279 Å². The van der Waals surface area contributed by atoms with Gasteiger partial charge in [-0.25, -0.2) is 0 Å². The maximum absolute atomic E-state index is 15.7. The molecule has 0 aromatic carbocycles. The molecular weight excluding hydrogens is 1360 g/mol. The zero-order valence-corrected chi connectivity index (χ0v) is 65.4. The summed E-state index contributed by atoms with van der Waals surface area (Å²) in [4.78, 5) is 194. The molecule has 7 rings (SSSR count). The normalized spacial score (nSPS) is 31.7. The van der Waals surface area contributed by atoms with Crippen LogP contribution in [0.4, 0.5) is 13.2 Å². The van der Waals surface area contributed by atoms with E-state index >= 15 is 33.6 Å². The van der Waals surface area contributed by atoms with Gasteiger partial charge >= 0.3 is 6.18 Å². The standard InChI is InChI=1S/C77H125F3N12O13/c1-16-50(8)65-73(102)85(10)46-64(95)86(11)56-27-20-19-23-38-91(72(56)101)60(41-51-30-28-48(6)29-31-51)70(99)84(9)45-62(93)81-55(35-33-52-32-34-54(77(78,79)80)61(42-52)105-15)69(98)92-44-49(7)40-58(92)68(97)83-76(36-24-37-76)75(104)89(14)66(53-25-21-22-26-53)74(103)88(13)59(71(100)90(17-2)18-3)43-63(94)87(12)57(39-47(4)5)67(96)82-65/h19-20,47-61,65-66H,16-18,21-46H2,1-15H3,(H,81,93)(H,82,96)(H,83,97)/b20-19-/t48?,49-,50+,51?,52?,54?,55+,56+,57+,58+,59+,60+,61?,65+,66+/m1/s1. The van der Waals surface area contributed by atoms with Gasteiger partial charge in [0, 0.05) is 75.6 Å². The number of fused-ring (bicyclic) bond motifs is 3. The maximum Gasteiger partial charge on any atom is 0.394 e. The first-order chi connectivity index (χ1) is 49.5. The Hall–Kier alpha value is -6.87. The molecule has 0 radical (unpaired) electrons. The number of hydrogen-bond acceptors (Lipinski definition) is 13. The van der Waals surface area contributed by atoms with E-state index in [0.717, 1.165) is 38.5 Å². The summed E-state index contributed by atoms with van der Waals surface area (Å²) >= 11 is 0. The largest absolute Gasteiger partial charge is 0.394 e. The lowest BCUT2D eigenvalue weighted by molar-refractivity contribution is -0.215. The molecule has 3 N–H and O–H groups in total. The molecule has 1 spiro atoms. The molecule has 2 saturated heterocycles. The van der Waals surface area contributed by atoms with Crippen LogP contribution in [0.1, 0.15) is 203 Å². The summed E-state index contributed by atoms with van der Waals surface area (Å²) in [5.41, 5.74) is -1.54. The number of alkyl halides is 3. The van der Waals surface area contributed by atoms with Gasteiger partial charge in [-0.05, 0) is 152 Å². The van der Waals surface area contributed by atoms with Gasteiger partial charge in [-0.15, -0.1) is 0 Å². The summed E-state index contributed by atoms with van der Waals surface area (Å²) in [5, 5.41) is 8.90. The molecule has 28 heteroatoms. The summed E-state index contributed by atoms with van der Waals surface area (Å²) in [6.07, 6.45) is 5.71. The summed E-state index contributed by atoms with van der Waals surface area (Å²) < 4.78 is 48.3. The molecule has 7 aliphatic rings. The van der Waals surface area contributed by atoms with E-state index in [1.54, 1.807) is 26.8 Å². The smallest absolute Gasteiger partial charge is 0.381 e. The Bertz CT molecular complexity index is 3100. The quantitative estimate of drug-likeness (QED) is 0.156. The summed E-state index contributed by atoms with van der Waals surface area (Å²) in [7, 11) is 9.95. The van der Waals surface area contributed by atoms with Gasteiger partial charge in [-0.3, -0.25) is 57.5 Å². The van der Waals surface area contributed by atoms with Gasteiger partial charge in [0.25, 0.3) is 0 Å². The number of carbonyl (C=O) groups is 12. The average Bonchev–Trinajstić information content (AvgIpc) is 1.72. The fourth-order valence-corrected chi connectivity index (χ4v) is 17.4. The highest BCUT2D eigenvalue weighted by Crippen LogP contribution is 2.44. The van der Waals surface area contributed by atoms with Crippen LogP contribution in [0.25, 0.3) is 0 Å². The molecule has 4 aliphatic carbocycles. The van der Waals surface area contributed by atoms with E-state index in [1.807, 2.05) is 33.8 Å². The van der Waals surface area contributed by atoms with Crippen molar-refractivity contribution >= 4 is 70.9 Å². The van der Waals surface area contributed by atoms with Crippen LogP contribution in [-0.4, -0.2) is 270 Å². The van der Waals surface area contributed by atoms with E-state index in [2.05, 4.69) is 22.9 Å². The van der Waals surface area contributed by atoms with Gasteiger partial charge < -0.3 is 64.8 Å². The van der Waals surface area contributed by atoms with Crippen molar-refractivity contribution in [1.82, 2.24) is 60.0 Å². The van der Waals surface area contributed by atoms with Gasteiger partial charge in [-0.1, -0.05) is 98.6 Å². The van der Waals surface area contributed by atoms with Crippen molar-refractivity contribution in [2.24, 2.45) is 47.3 Å². The van der Waals surface area contributed by atoms with Crippen molar-refractivity contribution in [2.45, 2.75) is 269 Å². The van der Waals surface area contributed by atoms with Crippen LogP contribution in [0.2, 0.25) is 0 Å². The zero-order chi connectivity index (χ0) is 77.7. The van der Waals surface area contributed by atoms with E-state index in [1.165, 1.54) is 93.5 Å². The van der Waals surface area contributed by atoms with Crippen LogP contribution in [0, 0.1) is 47.3 Å². The van der Waals surface area contributed by atoms with Crippen LogP contribution in [0.5, 0.6) is 0 Å². The third-order valence-electron chi connectivity index (χ3n) is 24.6. The number of likely N-dealkylation sites (N-methyl/N-ethyl adjacent to an activating group) is 7. The number of nitrogens with one attached hydrogen (secondary N) is 3. The third-order valence-corrected chi connectivity index (χ3v) is 24.6. The van der Waals surface area contributed by atoms with Gasteiger partial charge in [-0.2, -0.15) is 13.2 Å². The highest BCUT2D eigenvalue weighted by molar-refractivity contribution is 6.01. The van der Waals surface area contributed by atoms with E-state index in [4.69, 9.17) is 4.74 Å². The first-order valence-electron chi connectivity index (χ1n) is 39.1. The Morgan fingerprint density at radius 3 is 1.88 bits per heavy atom. The third kappa shape index (κ3) is 20.9. The molecular formula is C77H125F3N12O13. The Morgan fingerprint density at radius 2 is 1.29 bits per heavy atom. The van der Waals surface area contributed by atoms with E-state index in [0.29, 0.717) is 38.0 Å². The van der Waals surface area contributed by atoms with Crippen molar-refractivity contribution in [2.75, 3.05) is 88.7 Å². The Balaban J connectivity index is 1.31. The van der Waals surface area contributed by atoms with Crippen molar-refractivity contribution in [3.05, 3.63) is 12.2 Å². The summed E-state index contributed by atoms with van der Waals surface area (Å²) in [6.45, 7) is 14.4. The predicted molar refractivity (Wildman–Crippen MR) is 389 cm³/mol. The molecule has 13 atom stereocenters. The SMILES string of the molecule is CC[C@H](C)[C@@H]1NC(=O)[C@H](CC(C)C)N(C)C(=O)C[C@@H](C(=O)N(CC)CC)N(C)C(=O)[C@H](C2CCCC2)N(C)C(=O)C2(CCC2)NC(=O)[C@@H]2C[C@@H](C)CN2C(=O)[C@H](CCC2CCC(C(F)(F)F)C(OC)C2)NC(=O)CN(C)C(=O)[C@H](CC2CCC(C)CC2)N2CC/C=C\C[C@@H](C2=O)N(C)C(=O)CN(C)C1=O. The molecule has 4 saturated carbocycles. The molecule has 6 fully saturated rings. The van der Waals surface area contributed by atoms with Crippen LogP contribution in [0.15, 0.2) is 12.2 Å².